The van der Waals surface area contributed by atoms with E-state index >= 15 is 0 Å². The van der Waals surface area contributed by atoms with Gasteiger partial charge in [-0.15, -0.1) is 0 Å². The molecule has 0 aliphatic rings. The number of rotatable bonds is 7. The second-order valence-electron chi connectivity index (χ2n) is 3.87. The molecule has 0 bridgehead atoms. The standard InChI is InChI=1S/C11H14ClN7O2/c1-21-6-4-13-8(20)7-14-10-16-9(12)17-11(18-10)19-5-2-3-15-19/h2-3,5H,4,6-7H2,1H3,(H,13,20)(H,14,16,17,18). The van der Waals surface area contributed by atoms with E-state index < -0.39 is 0 Å². The van der Waals surface area contributed by atoms with Crippen LogP contribution in [0, 0.1) is 0 Å². The SMILES string of the molecule is COCCNC(=O)CNc1nc(Cl)nc(-n2cccn2)n1. The molecule has 0 spiro atoms. The summed E-state index contributed by atoms with van der Waals surface area (Å²) >= 11 is 5.82. The fourth-order valence-electron chi connectivity index (χ4n) is 1.42. The molecule has 2 rings (SSSR count). The number of halogens is 1. The lowest BCUT2D eigenvalue weighted by atomic mass is 10.5. The topological polar surface area (TPSA) is 107 Å². The van der Waals surface area contributed by atoms with Gasteiger partial charge in [-0.1, -0.05) is 0 Å². The molecule has 0 fully saturated rings. The third kappa shape index (κ3) is 4.65. The minimum atomic E-state index is -0.204. The second kappa shape index (κ2) is 7.50. The van der Waals surface area contributed by atoms with Gasteiger partial charge in [0.15, 0.2) is 0 Å². The van der Waals surface area contributed by atoms with Crippen molar-refractivity contribution in [3.63, 3.8) is 0 Å². The van der Waals surface area contributed by atoms with E-state index in [1.54, 1.807) is 25.6 Å². The molecule has 0 aliphatic heterocycles. The molecule has 2 heterocycles. The first-order valence-electron chi connectivity index (χ1n) is 6.10. The van der Waals surface area contributed by atoms with Gasteiger partial charge in [0.25, 0.3) is 5.95 Å². The molecule has 0 aromatic carbocycles. The lowest BCUT2D eigenvalue weighted by molar-refractivity contribution is -0.119. The molecule has 0 aliphatic carbocycles. The lowest BCUT2D eigenvalue weighted by Crippen LogP contribution is -2.32. The Bertz CT molecular complexity index is 590. The number of hydrogen-bond donors (Lipinski definition) is 2. The van der Waals surface area contributed by atoms with Crippen molar-refractivity contribution in [1.29, 1.82) is 0 Å². The van der Waals surface area contributed by atoms with Crippen molar-refractivity contribution in [2.24, 2.45) is 0 Å². The van der Waals surface area contributed by atoms with Gasteiger partial charge >= 0.3 is 0 Å². The van der Waals surface area contributed by atoms with Crippen LogP contribution in [0.4, 0.5) is 5.95 Å². The van der Waals surface area contributed by atoms with E-state index in [1.807, 2.05) is 0 Å². The Balaban J connectivity index is 1.96. The summed E-state index contributed by atoms with van der Waals surface area (Å²) in [6.07, 6.45) is 3.26. The predicted molar refractivity (Wildman–Crippen MR) is 75.3 cm³/mol. The molecule has 112 valence electrons. The maximum Gasteiger partial charge on any atom is 0.256 e. The number of amides is 1. The molecule has 0 saturated carbocycles. The number of hydrogen-bond acceptors (Lipinski definition) is 7. The lowest BCUT2D eigenvalue weighted by Gasteiger charge is -2.07. The highest BCUT2D eigenvalue weighted by molar-refractivity contribution is 6.28. The summed E-state index contributed by atoms with van der Waals surface area (Å²) < 4.78 is 6.27. The number of nitrogens with one attached hydrogen (secondary N) is 2. The van der Waals surface area contributed by atoms with Crippen LogP contribution >= 0.6 is 11.6 Å². The number of methoxy groups -OCH3 is 1. The highest BCUT2D eigenvalue weighted by Crippen LogP contribution is 2.08. The Labute approximate surface area is 125 Å². The summed E-state index contributed by atoms with van der Waals surface area (Å²) in [7, 11) is 1.56. The molecular formula is C11H14ClN7O2. The van der Waals surface area contributed by atoms with E-state index in [-0.39, 0.29) is 29.6 Å². The average molecular weight is 312 g/mol. The second-order valence-corrected chi connectivity index (χ2v) is 4.21. The molecule has 2 N–H and O–H groups in total. The van der Waals surface area contributed by atoms with Gasteiger partial charge in [-0.05, 0) is 17.7 Å². The Morgan fingerprint density at radius 1 is 1.43 bits per heavy atom. The van der Waals surface area contributed by atoms with Gasteiger partial charge in [0.2, 0.25) is 17.1 Å². The van der Waals surface area contributed by atoms with Crippen molar-refractivity contribution < 1.29 is 9.53 Å². The Morgan fingerprint density at radius 2 is 2.29 bits per heavy atom. The molecule has 2 aromatic rings. The quantitative estimate of drug-likeness (QED) is 0.687. The fourth-order valence-corrected chi connectivity index (χ4v) is 1.58. The van der Waals surface area contributed by atoms with E-state index in [4.69, 9.17) is 16.3 Å². The van der Waals surface area contributed by atoms with E-state index in [0.717, 1.165) is 0 Å². The third-order valence-corrected chi connectivity index (χ3v) is 2.51. The summed E-state index contributed by atoms with van der Waals surface area (Å²) in [5.74, 6) is 0.258. The molecule has 10 heteroatoms. The molecule has 1 amide bonds. The van der Waals surface area contributed by atoms with Crippen LogP contribution in [-0.4, -0.2) is 57.4 Å². The van der Waals surface area contributed by atoms with Crippen molar-refractivity contribution in [3.05, 3.63) is 23.7 Å². The van der Waals surface area contributed by atoms with Crippen LogP contribution in [0.3, 0.4) is 0 Å². The maximum atomic E-state index is 11.5. The number of carbonyl (C=O) groups is 1. The highest BCUT2D eigenvalue weighted by Gasteiger charge is 2.08. The first-order valence-corrected chi connectivity index (χ1v) is 6.48. The largest absolute Gasteiger partial charge is 0.383 e. The van der Waals surface area contributed by atoms with Crippen LogP contribution in [0.2, 0.25) is 5.28 Å². The first kappa shape index (κ1) is 15.1. The average Bonchev–Trinajstić information content (AvgIpc) is 2.99. The van der Waals surface area contributed by atoms with Gasteiger partial charge in [0, 0.05) is 26.0 Å². The van der Waals surface area contributed by atoms with Gasteiger partial charge in [0.05, 0.1) is 13.2 Å². The first-order chi connectivity index (χ1) is 10.2. The molecule has 0 unspecified atom stereocenters. The molecule has 0 atom stereocenters. The van der Waals surface area contributed by atoms with Gasteiger partial charge < -0.3 is 15.4 Å². The monoisotopic (exact) mass is 311 g/mol. The van der Waals surface area contributed by atoms with Gasteiger partial charge in [0.1, 0.15) is 0 Å². The van der Waals surface area contributed by atoms with E-state index in [9.17, 15) is 4.79 Å². The normalized spacial score (nSPS) is 10.4. The Morgan fingerprint density at radius 3 is 3.00 bits per heavy atom. The molecule has 2 aromatic heterocycles. The molecule has 9 nitrogen and oxygen atoms in total. The van der Waals surface area contributed by atoms with Crippen molar-refractivity contribution in [1.82, 2.24) is 30.0 Å². The molecule has 0 radical (unpaired) electrons. The fraction of sp³-hybridized carbons (Fsp3) is 0.364. The Kier molecular flexibility index (Phi) is 5.41. The zero-order valence-electron chi connectivity index (χ0n) is 11.3. The summed E-state index contributed by atoms with van der Waals surface area (Å²) in [5, 5.41) is 9.45. The number of carbonyl (C=O) groups excluding carboxylic acids is 1. The summed E-state index contributed by atoms with van der Waals surface area (Å²) in [6.45, 7) is 0.906. The molecule has 21 heavy (non-hydrogen) atoms. The van der Waals surface area contributed by atoms with Crippen LogP contribution in [0.25, 0.3) is 5.95 Å². The summed E-state index contributed by atoms with van der Waals surface area (Å²) in [5.41, 5.74) is 0. The van der Waals surface area contributed by atoms with Crippen molar-refractivity contribution >= 4 is 23.5 Å². The van der Waals surface area contributed by atoms with Crippen LogP contribution < -0.4 is 10.6 Å². The number of ether oxygens (including phenoxy) is 1. The van der Waals surface area contributed by atoms with Gasteiger partial charge in [-0.25, -0.2) is 4.68 Å². The zero-order chi connectivity index (χ0) is 15.1. The highest BCUT2D eigenvalue weighted by atomic mass is 35.5. The van der Waals surface area contributed by atoms with Crippen LogP contribution in [0.5, 0.6) is 0 Å². The molecule has 0 saturated heterocycles. The minimum absolute atomic E-state index is 0.0118. The van der Waals surface area contributed by atoms with E-state index in [0.29, 0.717) is 13.2 Å². The van der Waals surface area contributed by atoms with Crippen LogP contribution in [-0.2, 0) is 9.53 Å². The predicted octanol–water partition coefficient (Wildman–Crippen LogP) is -0.115. The maximum absolute atomic E-state index is 11.5. The minimum Gasteiger partial charge on any atom is -0.383 e. The summed E-state index contributed by atoms with van der Waals surface area (Å²) in [6, 6.07) is 1.73. The third-order valence-electron chi connectivity index (χ3n) is 2.34. The van der Waals surface area contributed by atoms with Crippen molar-refractivity contribution in [2.45, 2.75) is 0 Å². The van der Waals surface area contributed by atoms with E-state index in [2.05, 4.69) is 30.7 Å². The number of aromatic nitrogens is 5. The zero-order valence-corrected chi connectivity index (χ0v) is 12.0. The van der Waals surface area contributed by atoms with Crippen LogP contribution in [0.1, 0.15) is 0 Å². The number of nitrogens with zero attached hydrogens (tertiary/aromatic N) is 5. The van der Waals surface area contributed by atoms with E-state index in [1.165, 1.54) is 4.68 Å². The summed E-state index contributed by atoms with van der Waals surface area (Å²) in [4.78, 5) is 23.5. The smallest absolute Gasteiger partial charge is 0.256 e. The number of anilines is 1. The van der Waals surface area contributed by atoms with Gasteiger partial charge in [-0.3, -0.25) is 4.79 Å². The van der Waals surface area contributed by atoms with Crippen molar-refractivity contribution in [2.75, 3.05) is 32.1 Å². The molecular weight excluding hydrogens is 298 g/mol. The van der Waals surface area contributed by atoms with Gasteiger partial charge in [-0.2, -0.15) is 20.1 Å². The van der Waals surface area contributed by atoms with Crippen LogP contribution in [0.15, 0.2) is 18.5 Å². The Hall–Kier alpha value is -2.26. The van der Waals surface area contributed by atoms with Crippen molar-refractivity contribution in [3.8, 4) is 5.95 Å².